The molecule has 19 heavy (non-hydrogen) atoms. The second-order valence-corrected chi connectivity index (χ2v) is 5.25. The van der Waals surface area contributed by atoms with Crippen LogP contribution in [-0.2, 0) is 10.0 Å². The van der Waals surface area contributed by atoms with Gasteiger partial charge in [0.25, 0.3) is 0 Å². The van der Waals surface area contributed by atoms with Gasteiger partial charge in [-0.25, -0.2) is 13.1 Å². The first kappa shape index (κ1) is 18.0. The predicted molar refractivity (Wildman–Crippen MR) is 75.9 cm³/mol. The van der Waals surface area contributed by atoms with E-state index in [-0.39, 0.29) is 23.1 Å². The molecular weight excluding hydrogens is 292 g/mol. The van der Waals surface area contributed by atoms with Crippen LogP contribution in [0.15, 0.2) is 23.1 Å². The van der Waals surface area contributed by atoms with Crippen molar-refractivity contribution in [3.63, 3.8) is 0 Å². The highest BCUT2D eigenvalue weighted by molar-refractivity contribution is 7.89. The second kappa shape index (κ2) is 8.21. The Balaban J connectivity index is 0.00000324. The summed E-state index contributed by atoms with van der Waals surface area (Å²) < 4.78 is 36.7. The van der Waals surface area contributed by atoms with Crippen LogP contribution in [-0.4, -0.2) is 42.8 Å². The Bertz CT molecular complexity index is 493. The van der Waals surface area contributed by atoms with E-state index in [0.29, 0.717) is 18.8 Å². The van der Waals surface area contributed by atoms with Crippen molar-refractivity contribution >= 4 is 22.4 Å². The Labute approximate surface area is 119 Å². The van der Waals surface area contributed by atoms with Crippen LogP contribution >= 0.6 is 12.4 Å². The molecule has 1 aromatic carbocycles. The number of nitrogens with one attached hydrogen (secondary N) is 2. The first-order valence-corrected chi connectivity index (χ1v) is 6.89. The molecule has 0 spiro atoms. The van der Waals surface area contributed by atoms with Gasteiger partial charge in [0.05, 0.1) is 14.2 Å². The summed E-state index contributed by atoms with van der Waals surface area (Å²) in [6, 6.07) is 4.64. The molecule has 1 aromatic rings. The zero-order valence-electron chi connectivity index (χ0n) is 11.1. The molecule has 0 atom stereocenters. The van der Waals surface area contributed by atoms with Gasteiger partial charge >= 0.3 is 0 Å². The van der Waals surface area contributed by atoms with Crippen LogP contribution in [0.3, 0.4) is 0 Å². The number of hydrogen-bond donors (Lipinski definition) is 2. The molecule has 0 saturated heterocycles. The summed E-state index contributed by atoms with van der Waals surface area (Å²) in [5.41, 5.74) is 0. The van der Waals surface area contributed by atoms with Crippen molar-refractivity contribution in [1.82, 2.24) is 10.0 Å². The van der Waals surface area contributed by atoms with Crippen LogP contribution in [0.2, 0.25) is 0 Å². The zero-order valence-corrected chi connectivity index (χ0v) is 12.7. The van der Waals surface area contributed by atoms with Crippen LogP contribution in [0.25, 0.3) is 0 Å². The summed E-state index contributed by atoms with van der Waals surface area (Å²) in [6.45, 7) is 0.852. The highest BCUT2D eigenvalue weighted by Gasteiger charge is 2.19. The van der Waals surface area contributed by atoms with Crippen LogP contribution in [0.1, 0.15) is 0 Å². The number of rotatable bonds is 7. The zero-order chi connectivity index (χ0) is 13.6. The Morgan fingerprint density at radius 2 is 1.84 bits per heavy atom. The molecule has 0 fully saturated rings. The van der Waals surface area contributed by atoms with Gasteiger partial charge in [-0.2, -0.15) is 0 Å². The molecule has 0 aliphatic carbocycles. The normalized spacial score (nSPS) is 10.7. The van der Waals surface area contributed by atoms with E-state index in [9.17, 15) is 8.42 Å². The van der Waals surface area contributed by atoms with Crippen LogP contribution in [0, 0.1) is 0 Å². The third-order valence-corrected chi connectivity index (χ3v) is 3.81. The van der Waals surface area contributed by atoms with Gasteiger partial charge in [0.1, 0.15) is 16.4 Å². The molecule has 1 rings (SSSR count). The highest BCUT2D eigenvalue weighted by atomic mass is 35.5. The van der Waals surface area contributed by atoms with Gasteiger partial charge in [-0.1, -0.05) is 0 Å². The fourth-order valence-electron chi connectivity index (χ4n) is 1.38. The lowest BCUT2D eigenvalue weighted by molar-refractivity contribution is 0.392. The number of hydrogen-bond acceptors (Lipinski definition) is 5. The Morgan fingerprint density at radius 1 is 1.16 bits per heavy atom. The van der Waals surface area contributed by atoms with Crippen molar-refractivity contribution < 1.29 is 17.9 Å². The molecule has 0 aliphatic heterocycles. The maximum atomic E-state index is 12.1. The molecule has 0 radical (unpaired) electrons. The van der Waals surface area contributed by atoms with Gasteiger partial charge in [-0.05, 0) is 19.2 Å². The largest absolute Gasteiger partial charge is 0.497 e. The van der Waals surface area contributed by atoms with Crippen LogP contribution in [0.4, 0.5) is 0 Å². The average Bonchev–Trinajstić information content (AvgIpc) is 2.38. The van der Waals surface area contributed by atoms with Gasteiger partial charge in [-0.15, -0.1) is 12.4 Å². The molecule has 0 bridgehead atoms. The third kappa shape index (κ3) is 4.87. The molecule has 110 valence electrons. The highest BCUT2D eigenvalue weighted by Crippen LogP contribution is 2.27. The summed E-state index contributed by atoms with van der Waals surface area (Å²) in [7, 11) is 1.05. The van der Waals surface area contributed by atoms with E-state index in [0.717, 1.165) is 0 Å². The van der Waals surface area contributed by atoms with Crippen LogP contribution in [0.5, 0.6) is 11.5 Å². The number of methoxy groups -OCH3 is 2. The van der Waals surface area contributed by atoms with E-state index in [1.54, 1.807) is 19.2 Å². The van der Waals surface area contributed by atoms with Gasteiger partial charge in [-0.3, -0.25) is 0 Å². The van der Waals surface area contributed by atoms with E-state index in [1.165, 1.54) is 20.3 Å². The van der Waals surface area contributed by atoms with E-state index in [1.807, 2.05) is 0 Å². The van der Waals surface area contributed by atoms with Crippen molar-refractivity contribution in [3.05, 3.63) is 18.2 Å². The Kier molecular flexibility index (Phi) is 7.77. The van der Waals surface area contributed by atoms with Gasteiger partial charge in [0, 0.05) is 19.2 Å². The number of sulfonamides is 1. The van der Waals surface area contributed by atoms with E-state index < -0.39 is 10.0 Å². The molecule has 0 heterocycles. The summed E-state index contributed by atoms with van der Waals surface area (Å²) in [5, 5.41) is 2.86. The standard InChI is InChI=1S/C11H18N2O4S.ClH/c1-12-6-7-13-18(14,15)11-8-9(16-2)4-5-10(11)17-3;/h4-5,8,12-13H,6-7H2,1-3H3;1H. The topological polar surface area (TPSA) is 76.7 Å². The number of likely N-dealkylation sites (N-methyl/N-ethyl adjacent to an activating group) is 1. The lowest BCUT2D eigenvalue weighted by Gasteiger charge is -2.11. The summed E-state index contributed by atoms with van der Waals surface area (Å²) in [6.07, 6.45) is 0. The first-order valence-electron chi connectivity index (χ1n) is 5.41. The molecule has 8 heteroatoms. The van der Waals surface area contributed by atoms with E-state index >= 15 is 0 Å². The molecule has 0 aliphatic rings. The average molecular weight is 311 g/mol. The molecular formula is C11H19ClN2O4S. The van der Waals surface area contributed by atoms with Gasteiger partial charge in [0.15, 0.2) is 0 Å². The van der Waals surface area contributed by atoms with Crippen molar-refractivity contribution in [3.8, 4) is 11.5 Å². The van der Waals surface area contributed by atoms with Crippen molar-refractivity contribution in [1.29, 1.82) is 0 Å². The predicted octanol–water partition coefficient (Wildman–Crippen LogP) is 0.623. The minimum Gasteiger partial charge on any atom is -0.497 e. The minimum atomic E-state index is -3.60. The van der Waals surface area contributed by atoms with Gasteiger partial charge < -0.3 is 14.8 Å². The minimum absolute atomic E-state index is 0. The van der Waals surface area contributed by atoms with Crippen molar-refractivity contribution in [2.24, 2.45) is 0 Å². The number of halogens is 1. The van der Waals surface area contributed by atoms with E-state index in [2.05, 4.69) is 10.0 Å². The number of benzene rings is 1. The molecule has 0 saturated carbocycles. The molecule has 6 nitrogen and oxygen atoms in total. The fraction of sp³-hybridized carbons (Fsp3) is 0.455. The summed E-state index contributed by atoms with van der Waals surface area (Å²) in [5.74, 6) is 0.748. The van der Waals surface area contributed by atoms with Crippen molar-refractivity contribution in [2.75, 3.05) is 34.4 Å². The fourth-order valence-corrected chi connectivity index (χ4v) is 2.60. The maximum absolute atomic E-state index is 12.1. The van der Waals surface area contributed by atoms with Crippen molar-refractivity contribution in [2.45, 2.75) is 4.90 Å². The first-order chi connectivity index (χ1) is 8.55. The lowest BCUT2D eigenvalue weighted by atomic mass is 10.3. The maximum Gasteiger partial charge on any atom is 0.244 e. The molecule has 0 aromatic heterocycles. The smallest absolute Gasteiger partial charge is 0.244 e. The summed E-state index contributed by atoms with van der Waals surface area (Å²) in [4.78, 5) is 0.0699. The monoisotopic (exact) mass is 310 g/mol. The molecule has 2 N–H and O–H groups in total. The summed E-state index contributed by atoms with van der Waals surface area (Å²) >= 11 is 0. The molecule has 0 amide bonds. The van der Waals surface area contributed by atoms with Gasteiger partial charge in [0.2, 0.25) is 10.0 Å². The quantitative estimate of drug-likeness (QED) is 0.722. The second-order valence-electron chi connectivity index (χ2n) is 3.52. The van der Waals surface area contributed by atoms with E-state index in [4.69, 9.17) is 9.47 Å². The van der Waals surface area contributed by atoms with Crippen LogP contribution < -0.4 is 19.5 Å². The number of ether oxygens (including phenoxy) is 2. The third-order valence-electron chi connectivity index (χ3n) is 2.33. The molecule has 0 unspecified atom stereocenters. The lowest BCUT2D eigenvalue weighted by Crippen LogP contribution is -2.30. The Hall–Kier alpha value is -1.02. The Morgan fingerprint density at radius 3 is 2.37 bits per heavy atom. The SMILES string of the molecule is CNCCNS(=O)(=O)c1cc(OC)ccc1OC.Cl.